The average Bonchev–Trinajstić information content (AvgIpc) is 2.56. The van der Waals surface area contributed by atoms with Crippen LogP contribution in [0.5, 0.6) is 5.75 Å². The van der Waals surface area contributed by atoms with Crippen LogP contribution < -0.4 is 10.1 Å². The maximum Gasteiger partial charge on any atom is 0.261 e. The van der Waals surface area contributed by atoms with Crippen LogP contribution in [0.4, 0.5) is 0 Å². The van der Waals surface area contributed by atoms with Gasteiger partial charge >= 0.3 is 0 Å². The summed E-state index contributed by atoms with van der Waals surface area (Å²) in [5.41, 5.74) is 4.68. The number of hydrogen-bond acceptors (Lipinski definition) is 2. The van der Waals surface area contributed by atoms with Gasteiger partial charge < -0.3 is 10.1 Å². The van der Waals surface area contributed by atoms with Gasteiger partial charge in [-0.3, -0.25) is 4.79 Å². The van der Waals surface area contributed by atoms with Gasteiger partial charge in [-0.2, -0.15) is 0 Å². The van der Waals surface area contributed by atoms with Gasteiger partial charge in [0.05, 0.1) is 6.04 Å². The Bertz CT molecular complexity index is 691. The summed E-state index contributed by atoms with van der Waals surface area (Å²) in [6.07, 6.45) is 0.138. The summed E-state index contributed by atoms with van der Waals surface area (Å²) in [4.78, 5) is 12.5. The van der Waals surface area contributed by atoms with E-state index in [1.54, 1.807) is 0 Å². The van der Waals surface area contributed by atoms with E-state index in [-0.39, 0.29) is 11.9 Å². The molecule has 2 aromatic rings. The molecule has 0 bridgehead atoms. The summed E-state index contributed by atoms with van der Waals surface area (Å²) in [7, 11) is 0. The normalized spacial score (nSPS) is 13.2. The van der Waals surface area contributed by atoms with Crippen molar-refractivity contribution in [2.75, 3.05) is 0 Å². The van der Waals surface area contributed by atoms with Crippen LogP contribution in [0.3, 0.4) is 0 Å². The summed E-state index contributed by atoms with van der Waals surface area (Å²) in [6.45, 7) is 10.1. The third-order valence-electron chi connectivity index (χ3n) is 4.36. The predicted octanol–water partition coefficient (Wildman–Crippen LogP) is 4.65. The second kappa shape index (κ2) is 8.00. The molecule has 0 aliphatic carbocycles. The number of aryl methyl sites for hydroxylation is 3. The van der Waals surface area contributed by atoms with Crippen LogP contribution >= 0.6 is 0 Å². The fourth-order valence-electron chi connectivity index (χ4n) is 2.52. The molecule has 0 fully saturated rings. The zero-order chi connectivity index (χ0) is 17.7. The van der Waals surface area contributed by atoms with E-state index in [1.807, 2.05) is 51.1 Å². The lowest BCUT2D eigenvalue weighted by atomic mass is 10.1. The van der Waals surface area contributed by atoms with E-state index < -0.39 is 6.10 Å². The minimum Gasteiger partial charge on any atom is -0.481 e. The van der Waals surface area contributed by atoms with Crippen LogP contribution in [0, 0.1) is 20.8 Å². The maximum atomic E-state index is 12.5. The van der Waals surface area contributed by atoms with Crippen LogP contribution in [0.2, 0.25) is 0 Å². The summed E-state index contributed by atoms with van der Waals surface area (Å²) in [5, 5.41) is 3.05. The Kier molecular flexibility index (Phi) is 6.02. The number of nitrogens with one attached hydrogen (secondary N) is 1. The molecule has 0 unspecified atom stereocenters. The van der Waals surface area contributed by atoms with Gasteiger partial charge in [-0.25, -0.2) is 0 Å². The second-order valence-corrected chi connectivity index (χ2v) is 6.40. The molecule has 24 heavy (non-hydrogen) atoms. The van der Waals surface area contributed by atoms with Crippen molar-refractivity contribution in [1.29, 1.82) is 0 Å². The van der Waals surface area contributed by atoms with Gasteiger partial charge in [0.15, 0.2) is 6.10 Å². The fraction of sp³-hybridized carbons (Fsp3) is 0.381. The molecular weight excluding hydrogens is 298 g/mol. The van der Waals surface area contributed by atoms with E-state index >= 15 is 0 Å². The van der Waals surface area contributed by atoms with Crippen LogP contribution in [-0.2, 0) is 4.79 Å². The Morgan fingerprint density at radius 3 is 2.29 bits per heavy atom. The molecule has 3 heteroatoms. The zero-order valence-electron chi connectivity index (χ0n) is 15.2. The van der Waals surface area contributed by atoms with Crippen molar-refractivity contribution in [3.8, 4) is 5.75 Å². The van der Waals surface area contributed by atoms with E-state index in [2.05, 4.69) is 31.3 Å². The fourth-order valence-corrected chi connectivity index (χ4v) is 2.52. The van der Waals surface area contributed by atoms with Gasteiger partial charge in [0.2, 0.25) is 0 Å². The molecule has 0 saturated heterocycles. The number of benzene rings is 2. The molecule has 0 aliphatic heterocycles. The Morgan fingerprint density at radius 1 is 1.04 bits per heavy atom. The predicted molar refractivity (Wildman–Crippen MR) is 98.4 cm³/mol. The summed E-state index contributed by atoms with van der Waals surface area (Å²) >= 11 is 0. The second-order valence-electron chi connectivity index (χ2n) is 6.40. The van der Waals surface area contributed by atoms with Gasteiger partial charge in [-0.1, -0.05) is 42.8 Å². The Morgan fingerprint density at radius 2 is 1.71 bits per heavy atom. The van der Waals surface area contributed by atoms with Gasteiger partial charge in [0.25, 0.3) is 5.91 Å². The number of ether oxygens (including phenoxy) is 1. The highest BCUT2D eigenvalue weighted by molar-refractivity contribution is 5.81. The monoisotopic (exact) mass is 325 g/mol. The van der Waals surface area contributed by atoms with Crippen molar-refractivity contribution in [3.63, 3.8) is 0 Å². The molecule has 2 aromatic carbocycles. The highest BCUT2D eigenvalue weighted by Crippen LogP contribution is 2.19. The summed E-state index contributed by atoms with van der Waals surface area (Å²) in [6, 6.07) is 14.1. The molecule has 0 aliphatic rings. The lowest BCUT2D eigenvalue weighted by Gasteiger charge is -2.21. The standard InChI is InChI=1S/C21H27NO2/c1-6-20(24-19-12-9-15(3)16(4)13-19)21(23)22-17(5)18-10-7-14(2)8-11-18/h7-13,17,20H,6H2,1-5H3,(H,22,23)/t17-,20+/m0/s1. The maximum absolute atomic E-state index is 12.5. The zero-order valence-corrected chi connectivity index (χ0v) is 15.2. The van der Waals surface area contributed by atoms with E-state index in [0.29, 0.717) is 6.42 Å². The minimum atomic E-state index is -0.486. The first-order valence-electron chi connectivity index (χ1n) is 8.51. The molecule has 3 nitrogen and oxygen atoms in total. The van der Waals surface area contributed by atoms with Crippen LogP contribution in [-0.4, -0.2) is 12.0 Å². The Balaban J connectivity index is 2.02. The summed E-state index contributed by atoms with van der Waals surface area (Å²) in [5.74, 6) is 0.659. The van der Waals surface area contributed by atoms with Gasteiger partial charge in [0, 0.05) is 0 Å². The molecule has 128 valence electrons. The topological polar surface area (TPSA) is 38.3 Å². The van der Waals surface area contributed by atoms with E-state index in [0.717, 1.165) is 16.9 Å². The lowest BCUT2D eigenvalue weighted by molar-refractivity contribution is -0.128. The Hall–Kier alpha value is -2.29. The van der Waals surface area contributed by atoms with Gasteiger partial charge in [0.1, 0.15) is 5.75 Å². The minimum absolute atomic E-state index is 0.0458. The third-order valence-corrected chi connectivity index (χ3v) is 4.36. The Labute approximate surface area is 145 Å². The number of amides is 1. The molecule has 2 rings (SSSR count). The largest absolute Gasteiger partial charge is 0.481 e. The molecule has 0 radical (unpaired) electrons. The number of carbonyl (C=O) groups excluding carboxylic acids is 1. The van der Waals surface area contributed by atoms with E-state index in [1.165, 1.54) is 11.1 Å². The quantitative estimate of drug-likeness (QED) is 0.840. The lowest BCUT2D eigenvalue weighted by Crippen LogP contribution is -2.39. The smallest absolute Gasteiger partial charge is 0.261 e. The first-order chi connectivity index (χ1) is 11.4. The molecule has 0 spiro atoms. The molecule has 1 amide bonds. The highest BCUT2D eigenvalue weighted by atomic mass is 16.5. The van der Waals surface area contributed by atoms with Crippen molar-refractivity contribution in [2.24, 2.45) is 0 Å². The van der Waals surface area contributed by atoms with Crippen molar-refractivity contribution in [3.05, 3.63) is 64.7 Å². The highest BCUT2D eigenvalue weighted by Gasteiger charge is 2.20. The van der Waals surface area contributed by atoms with Crippen LogP contribution in [0.25, 0.3) is 0 Å². The SMILES string of the molecule is CC[C@@H](Oc1ccc(C)c(C)c1)C(=O)N[C@@H](C)c1ccc(C)cc1. The van der Waals surface area contributed by atoms with Gasteiger partial charge in [-0.15, -0.1) is 0 Å². The van der Waals surface area contributed by atoms with Crippen LogP contribution in [0.15, 0.2) is 42.5 Å². The summed E-state index contributed by atoms with van der Waals surface area (Å²) < 4.78 is 5.91. The third kappa shape index (κ3) is 4.60. The average molecular weight is 325 g/mol. The first kappa shape index (κ1) is 18.1. The molecule has 1 N–H and O–H groups in total. The van der Waals surface area contributed by atoms with Crippen molar-refractivity contribution in [1.82, 2.24) is 5.32 Å². The number of carbonyl (C=O) groups is 1. The van der Waals surface area contributed by atoms with Crippen molar-refractivity contribution >= 4 is 5.91 Å². The van der Waals surface area contributed by atoms with Gasteiger partial charge in [-0.05, 0) is 62.9 Å². The van der Waals surface area contributed by atoms with E-state index in [9.17, 15) is 4.79 Å². The molecule has 0 heterocycles. The number of hydrogen-bond donors (Lipinski definition) is 1. The molecule has 0 saturated carbocycles. The molecule has 0 aromatic heterocycles. The van der Waals surface area contributed by atoms with Crippen molar-refractivity contribution < 1.29 is 9.53 Å². The van der Waals surface area contributed by atoms with E-state index in [4.69, 9.17) is 4.74 Å². The number of rotatable bonds is 6. The molecule has 2 atom stereocenters. The van der Waals surface area contributed by atoms with Crippen molar-refractivity contribution in [2.45, 2.75) is 53.2 Å². The van der Waals surface area contributed by atoms with Crippen LogP contribution in [0.1, 0.15) is 48.6 Å². The molecular formula is C21H27NO2. The first-order valence-corrected chi connectivity index (χ1v) is 8.51.